The van der Waals surface area contributed by atoms with Crippen molar-refractivity contribution in [2.45, 2.75) is 19.4 Å². The Morgan fingerprint density at radius 3 is 2.74 bits per heavy atom. The van der Waals surface area contributed by atoms with Gasteiger partial charge in [-0.1, -0.05) is 12.1 Å². The number of nitrogens with one attached hydrogen (secondary N) is 1. The summed E-state index contributed by atoms with van der Waals surface area (Å²) >= 11 is 0. The zero-order valence-corrected chi connectivity index (χ0v) is 10.7. The zero-order chi connectivity index (χ0) is 13.7. The third-order valence-electron chi connectivity index (χ3n) is 2.68. The molecule has 0 fully saturated rings. The van der Waals surface area contributed by atoms with Crippen LogP contribution in [-0.4, -0.2) is 38.7 Å². The second-order valence-corrected chi connectivity index (χ2v) is 4.30. The molecule has 0 saturated heterocycles. The molecular formula is C12H16N6O. The van der Waals surface area contributed by atoms with Gasteiger partial charge in [0.2, 0.25) is 5.91 Å². The van der Waals surface area contributed by atoms with Gasteiger partial charge in [-0.15, -0.1) is 5.10 Å². The molecule has 0 aliphatic carbocycles. The lowest BCUT2D eigenvalue weighted by atomic mass is 10.1. The predicted molar refractivity (Wildman–Crippen MR) is 69.5 cm³/mol. The number of tetrazole rings is 1. The fourth-order valence-corrected chi connectivity index (χ4v) is 1.62. The minimum atomic E-state index is -0.0341. The molecule has 19 heavy (non-hydrogen) atoms. The van der Waals surface area contributed by atoms with E-state index in [-0.39, 0.29) is 11.9 Å². The summed E-state index contributed by atoms with van der Waals surface area (Å²) in [7, 11) is 0. The zero-order valence-electron chi connectivity index (χ0n) is 10.7. The van der Waals surface area contributed by atoms with E-state index < -0.39 is 0 Å². The molecule has 0 aliphatic rings. The van der Waals surface area contributed by atoms with Crippen molar-refractivity contribution in [3.63, 3.8) is 0 Å². The fourth-order valence-electron chi connectivity index (χ4n) is 1.62. The number of nitrogens with zero attached hydrogens (tertiary/aromatic N) is 4. The first-order valence-electron chi connectivity index (χ1n) is 6.01. The standard InChI is InChI=1S/C12H16N6O/c1-9(7-13)15-12(19)6-10-2-4-11(5-3-10)18-8-14-16-17-18/h2-5,8-9H,6-7,13H2,1H3,(H,15,19)/t9-/m0/s1. The second kappa shape index (κ2) is 6.05. The van der Waals surface area contributed by atoms with Gasteiger partial charge in [0.1, 0.15) is 6.33 Å². The topological polar surface area (TPSA) is 98.7 Å². The van der Waals surface area contributed by atoms with Gasteiger partial charge >= 0.3 is 0 Å². The Morgan fingerprint density at radius 2 is 2.16 bits per heavy atom. The quantitative estimate of drug-likeness (QED) is 0.767. The van der Waals surface area contributed by atoms with Crippen molar-refractivity contribution in [3.8, 4) is 5.69 Å². The molecule has 0 saturated carbocycles. The van der Waals surface area contributed by atoms with Crippen LogP contribution in [0.4, 0.5) is 0 Å². The summed E-state index contributed by atoms with van der Waals surface area (Å²) in [5, 5.41) is 13.7. The molecule has 0 bridgehead atoms. The Bertz CT molecular complexity index is 522. The lowest BCUT2D eigenvalue weighted by Gasteiger charge is -2.11. The predicted octanol–water partition coefficient (Wildman–Crippen LogP) is -0.332. The molecule has 0 unspecified atom stereocenters. The van der Waals surface area contributed by atoms with Crippen LogP contribution >= 0.6 is 0 Å². The van der Waals surface area contributed by atoms with Crippen LogP contribution in [-0.2, 0) is 11.2 Å². The Balaban J connectivity index is 1.97. The molecule has 1 atom stereocenters. The molecule has 1 aromatic carbocycles. The smallest absolute Gasteiger partial charge is 0.224 e. The number of hydrogen-bond acceptors (Lipinski definition) is 5. The van der Waals surface area contributed by atoms with Crippen molar-refractivity contribution in [2.24, 2.45) is 5.73 Å². The van der Waals surface area contributed by atoms with Crippen LogP contribution in [0.15, 0.2) is 30.6 Å². The van der Waals surface area contributed by atoms with Crippen molar-refractivity contribution < 1.29 is 4.79 Å². The summed E-state index contributed by atoms with van der Waals surface area (Å²) in [5.41, 5.74) is 7.23. The monoisotopic (exact) mass is 260 g/mol. The first kappa shape index (κ1) is 13.2. The Morgan fingerprint density at radius 1 is 1.42 bits per heavy atom. The number of rotatable bonds is 5. The minimum absolute atomic E-state index is 0.00648. The summed E-state index contributed by atoms with van der Waals surface area (Å²) in [6.45, 7) is 2.31. The van der Waals surface area contributed by atoms with Gasteiger partial charge in [-0.25, -0.2) is 4.68 Å². The van der Waals surface area contributed by atoms with Crippen molar-refractivity contribution in [3.05, 3.63) is 36.2 Å². The summed E-state index contributed by atoms with van der Waals surface area (Å²) in [6.07, 6.45) is 1.85. The summed E-state index contributed by atoms with van der Waals surface area (Å²) in [5.74, 6) is -0.0341. The third-order valence-corrected chi connectivity index (χ3v) is 2.68. The summed E-state index contributed by atoms with van der Waals surface area (Å²) < 4.78 is 1.56. The largest absolute Gasteiger partial charge is 0.352 e. The Labute approximate surface area is 110 Å². The van der Waals surface area contributed by atoms with Gasteiger partial charge in [0.25, 0.3) is 0 Å². The van der Waals surface area contributed by atoms with Crippen LogP contribution in [0.25, 0.3) is 5.69 Å². The van der Waals surface area contributed by atoms with Gasteiger partial charge < -0.3 is 11.1 Å². The van der Waals surface area contributed by atoms with Crippen LogP contribution in [0.2, 0.25) is 0 Å². The average Bonchev–Trinajstić information content (AvgIpc) is 2.93. The number of amides is 1. The number of carbonyl (C=O) groups is 1. The van der Waals surface area contributed by atoms with Gasteiger partial charge in [0.05, 0.1) is 12.1 Å². The van der Waals surface area contributed by atoms with Crippen LogP contribution in [0, 0.1) is 0 Å². The first-order valence-corrected chi connectivity index (χ1v) is 6.01. The van der Waals surface area contributed by atoms with Gasteiger partial charge in [-0.2, -0.15) is 0 Å². The van der Waals surface area contributed by atoms with E-state index >= 15 is 0 Å². The van der Waals surface area contributed by atoms with E-state index in [0.29, 0.717) is 13.0 Å². The van der Waals surface area contributed by atoms with E-state index in [2.05, 4.69) is 20.8 Å². The Hall–Kier alpha value is -2.28. The number of benzene rings is 1. The molecule has 0 radical (unpaired) electrons. The third kappa shape index (κ3) is 3.59. The van der Waals surface area contributed by atoms with Crippen LogP contribution in [0.1, 0.15) is 12.5 Å². The van der Waals surface area contributed by atoms with E-state index in [4.69, 9.17) is 5.73 Å². The second-order valence-electron chi connectivity index (χ2n) is 4.30. The molecule has 2 aromatic rings. The van der Waals surface area contributed by atoms with Crippen molar-refractivity contribution >= 4 is 5.91 Å². The lowest BCUT2D eigenvalue weighted by Crippen LogP contribution is -2.38. The van der Waals surface area contributed by atoms with Gasteiger partial charge in [0.15, 0.2) is 0 Å². The van der Waals surface area contributed by atoms with Crippen molar-refractivity contribution in [1.29, 1.82) is 0 Å². The molecule has 3 N–H and O–H groups in total. The lowest BCUT2D eigenvalue weighted by molar-refractivity contribution is -0.120. The molecule has 2 rings (SSSR count). The van der Waals surface area contributed by atoms with E-state index in [9.17, 15) is 4.79 Å². The highest BCUT2D eigenvalue weighted by atomic mass is 16.1. The maximum absolute atomic E-state index is 11.7. The highest BCUT2D eigenvalue weighted by Gasteiger charge is 2.07. The van der Waals surface area contributed by atoms with Gasteiger partial charge in [-0.05, 0) is 35.0 Å². The van der Waals surface area contributed by atoms with Gasteiger partial charge in [0, 0.05) is 12.6 Å². The summed E-state index contributed by atoms with van der Waals surface area (Å²) in [4.78, 5) is 11.7. The molecule has 100 valence electrons. The van der Waals surface area contributed by atoms with Crippen LogP contribution < -0.4 is 11.1 Å². The number of nitrogens with two attached hydrogens (primary N) is 1. The average molecular weight is 260 g/mol. The molecule has 0 aliphatic heterocycles. The van der Waals surface area contributed by atoms with Crippen molar-refractivity contribution in [2.75, 3.05) is 6.54 Å². The highest BCUT2D eigenvalue weighted by Crippen LogP contribution is 2.08. The fraction of sp³-hybridized carbons (Fsp3) is 0.333. The SMILES string of the molecule is C[C@@H](CN)NC(=O)Cc1ccc(-n2cnnn2)cc1. The van der Waals surface area contributed by atoms with E-state index in [1.165, 1.54) is 6.33 Å². The number of aromatic nitrogens is 4. The van der Waals surface area contributed by atoms with Crippen molar-refractivity contribution in [1.82, 2.24) is 25.5 Å². The highest BCUT2D eigenvalue weighted by molar-refractivity contribution is 5.78. The molecule has 1 heterocycles. The first-order chi connectivity index (χ1) is 9.19. The normalized spacial score (nSPS) is 12.1. The van der Waals surface area contributed by atoms with E-state index in [1.807, 2.05) is 31.2 Å². The van der Waals surface area contributed by atoms with Gasteiger partial charge in [-0.3, -0.25) is 4.79 Å². The Kier molecular flexibility index (Phi) is 4.19. The number of hydrogen-bond donors (Lipinski definition) is 2. The van der Waals surface area contributed by atoms with Crippen LogP contribution in [0.5, 0.6) is 0 Å². The van der Waals surface area contributed by atoms with Crippen LogP contribution in [0.3, 0.4) is 0 Å². The molecular weight excluding hydrogens is 244 g/mol. The van der Waals surface area contributed by atoms with E-state index in [1.54, 1.807) is 4.68 Å². The van der Waals surface area contributed by atoms with E-state index in [0.717, 1.165) is 11.3 Å². The number of carbonyl (C=O) groups excluding carboxylic acids is 1. The summed E-state index contributed by atoms with van der Waals surface area (Å²) in [6, 6.07) is 7.48. The molecule has 1 aromatic heterocycles. The minimum Gasteiger partial charge on any atom is -0.352 e. The maximum atomic E-state index is 11.7. The molecule has 1 amide bonds. The molecule has 7 heteroatoms. The maximum Gasteiger partial charge on any atom is 0.224 e. The molecule has 7 nitrogen and oxygen atoms in total. The molecule has 0 spiro atoms.